The molecule has 3 aromatic rings. The minimum atomic E-state index is -0.724. The fourth-order valence-corrected chi connectivity index (χ4v) is 5.05. The lowest BCUT2D eigenvalue weighted by molar-refractivity contribution is 0.0869. The second-order valence-corrected chi connectivity index (χ2v) is 9.90. The standard InChI is InChI=1S/C29H34N4O4/c34-24-4-1-22-16-27(31-17-23(22)15-24)28(35)18-32-29(36)21-2-5-25(6-3-21)37-26-9-13-33(14-10-26)19-20-7-11-30-12-8-20/h1-8,11-12,15,26-28,31,34-35H,9-10,13-14,16-19H2,(H,32,36)/t27-,28?/m0/s1. The lowest BCUT2D eigenvalue weighted by Crippen LogP contribution is -2.49. The van der Waals surface area contributed by atoms with Crippen molar-refractivity contribution in [2.75, 3.05) is 19.6 Å². The van der Waals surface area contributed by atoms with Crippen molar-refractivity contribution < 1.29 is 19.7 Å². The van der Waals surface area contributed by atoms with E-state index in [4.69, 9.17) is 4.74 Å². The average Bonchev–Trinajstić information content (AvgIpc) is 2.93. The number of pyridine rings is 1. The number of fused-ring (bicyclic) bond motifs is 1. The van der Waals surface area contributed by atoms with Gasteiger partial charge >= 0.3 is 0 Å². The molecule has 2 aromatic carbocycles. The maximum Gasteiger partial charge on any atom is 0.251 e. The van der Waals surface area contributed by atoms with E-state index >= 15 is 0 Å². The Morgan fingerprint density at radius 3 is 2.59 bits per heavy atom. The third kappa shape index (κ3) is 6.65. The van der Waals surface area contributed by atoms with Gasteiger partial charge in [-0.05, 0) is 84.5 Å². The number of carbonyl (C=O) groups excluding carboxylic acids is 1. The molecule has 1 amide bonds. The molecule has 0 saturated carbocycles. The van der Waals surface area contributed by atoms with Crippen molar-refractivity contribution in [2.45, 2.75) is 50.6 Å². The van der Waals surface area contributed by atoms with Crippen molar-refractivity contribution in [3.05, 3.63) is 89.2 Å². The first kappa shape index (κ1) is 25.2. The maximum atomic E-state index is 12.6. The molecule has 0 radical (unpaired) electrons. The summed E-state index contributed by atoms with van der Waals surface area (Å²) in [5, 5.41) is 26.4. The summed E-state index contributed by atoms with van der Waals surface area (Å²) >= 11 is 0. The number of carbonyl (C=O) groups is 1. The van der Waals surface area contributed by atoms with Gasteiger partial charge in [0, 0.05) is 56.7 Å². The molecule has 1 saturated heterocycles. The Labute approximate surface area is 217 Å². The highest BCUT2D eigenvalue weighted by atomic mass is 16.5. The average molecular weight is 503 g/mol. The monoisotopic (exact) mass is 502 g/mol. The summed E-state index contributed by atoms with van der Waals surface area (Å²) in [6.45, 7) is 3.63. The van der Waals surface area contributed by atoms with E-state index in [1.807, 2.05) is 30.6 Å². The highest BCUT2D eigenvalue weighted by molar-refractivity contribution is 5.94. The van der Waals surface area contributed by atoms with E-state index in [0.29, 0.717) is 18.5 Å². The SMILES string of the molecule is O=C(NCC(O)[C@@H]1Cc2ccc(O)cc2CN1)c1ccc(OC2CCN(Cc3ccncc3)CC2)cc1. The van der Waals surface area contributed by atoms with Crippen LogP contribution in [0.4, 0.5) is 0 Å². The van der Waals surface area contributed by atoms with Crippen LogP contribution in [0.1, 0.15) is 39.9 Å². The van der Waals surface area contributed by atoms with Gasteiger partial charge in [-0.15, -0.1) is 0 Å². The molecule has 0 bridgehead atoms. The zero-order chi connectivity index (χ0) is 25.6. The Hall–Kier alpha value is -3.46. The van der Waals surface area contributed by atoms with E-state index in [1.54, 1.807) is 24.3 Å². The highest BCUT2D eigenvalue weighted by Crippen LogP contribution is 2.23. The van der Waals surface area contributed by atoms with Crippen molar-refractivity contribution in [3.8, 4) is 11.5 Å². The van der Waals surface area contributed by atoms with Gasteiger partial charge in [0.15, 0.2) is 0 Å². The fourth-order valence-electron chi connectivity index (χ4n) is 5.05. The van der Waals surface area contributed by atoms with Gasteiger partial charge in [-0.25, -0.2) is 0 Å². The molecular weight excluding hydrogens is 468 g/mol. The minimum absolute atomic E-state index is 0.153. The zero-order valence-electron chi connectivity index (χ0n) is 20.8. The first-order valence-corrected chi connectivity index (χ1v) is 12.9. The number of aromatic hydroxyl groups is 1. The number of likely N-dealkylation sites (tertiary alicyclic amines) is 1. The molecule has 1 aromatic heterocycles. The van der Waals surface area contributed by atoms with E-state index < -0.39 is 6.10 Å². The smallest absolute Gasteiger partial charge is 0.251 e. The number of nitrogens with one attached hydrogen (secondary N) is 2. The number of nitrogens with zero attached hydrogens (tertiary/aromatic N) is 2. The van der Waals surface area contributed by atoms with Crippen LogP contribution in [0.25, 0.3) is 0 Å². The fraction of sp³-hybridized carbons (Fsp3) is 0.379. The van der Waals surface area contributed by atoms with Crippen molar-refractivity contribution in [2.24, 2.45) is 0 Å². The van der Waals surface area contributed by atoms with Crippen LogP contribution < -0.4 is 15.4 Å². The van der Waals surface area contributed by atoms with Gasteiger partial charge in [0.25, 0.3) is 5.91 Å². The van der Waals surface area contributed by atoms with Crippen LogP contribution in [0.2, 0.25) is 0 Å². The van der Waals surface area contributed by atoms with Crippen LogP contribution in [0.15, 0.2) is 67.0 Å². The molecule has 0 spiro atoms. The van der Waals surface area contributed by atoms with Gasteiger partial charge in [0.2, 0.25) is 0 Å². The second-order valence-electron chi connectivity index (χ2n) is 9.90. The van der Waals surface area contributed by atoms with Crippen LogP contribution in [0, 0.1) is 0 Å². The Bertz CT molecular complexity index is 1180. The molecule has 4 N–H and O–H groups in total. The van der Waals surface area contributed by atoms with Gasteiger partial charge in [-0.1, -0.05) is 6.07 Å². The number of aromatic nitrogens is 1. The molecule has 194 valence electrons. The number of rotatable bonds is 8. The number of ether oxygens (including phenoxy) is 1. The summed E-state index contributed by atoms with van der Waals surface area (Å²) in [6, 6.07) is 16.4. The first-order valence-electron chi connectivity index (χ1n) is 12.9. The zero-order valence-corrected chi connectivity index (χ0v) is 20.8. The summed E-state index contributed by atoms with van der Waals surface area (Å²) in [5.41, 5.74) is 3.94. The molecule has 1 fully saturated rings. The van der Waals surface area contributed by atoms with Gasteiger partial charge in [0.1, 0.15) is 17.6 Å². The third-order valence-corrected chi connectivity index (χ3v) is 7.23. The first-order chi connectivity index (χ1) is 18.0. The summed E-state index contributed by atoms with van der Waals surface area (Å²) in [6.07, 6.45) is 5.67. The molecule has 8 heteroatoms. The van der Waals surface area contributed by atoms with Gasteiger partial charge < -0.3 is 25.6 Å². The second kappa shape index (κ2) is 11.7. The van der Waals surface area contributed by atoms with Crippen LogP contribution >= 0.6 is 0 Å². The topological polar surface area (TPSA) is 107 Å². The molecule has 2 aliphatic rings. The predicted octanol–water partition coefficient (Wildman–Crippen LogP) is 2.64. The lowest BCUT2D eigenvalue weighted by Gasteiger charge is -2.32. The van der Waals surface area contributed by atoms with Crippen molar-refractivity contribution >= 4 is 5.91 Å². The summed E-state index contributed by atoms with van der Waals surface area (Å²) in [4.78, 5) is 19.1. The number of hydrogen-bond donors (Lipinski definition) is 4. The van der Waals surface area contributed by atoms with Crippen molar-refractivity contribution in [1.82, 2.24) is 20.5 Å². The van der Waals surface area contributed by atoms with Crippen LogP contribution in [0.3, 0.4) is 0 Å². The van der Waals surface area contributed by atoms with Crippen LogP contribution in [-0.2, 0) is 19.5 Å². The van der Waals surface area contributed by atoms with Crippen LogP contribution in [0.5, 0.6) is 11.5 Å². The number of phenolic OH excluding ortho intramolecular Hbond substituents is 1. The van der Waals surface area contributed by atoms with E-state index in [0.717, 1.165) is 49.4 Å². The molecule has 5 rings (SSSR count). The van der Waals surface area contributed by atoms with E-state index in [-0.39, 0.29) is 30.3 Å². The van der Waals surface area contributed by atoms with E-state index in [9.17, 15) is 15.0 Å². The molecule has 3 heterocycles. The molecular formula is C29H34N4O4. The molecule has 8 nitrogen and oxygen atoms in total. The normalized spacial score (nSPS) is 19.1. The number of amides is 1. The quantitative estimate of drug-likeness (QED) is 0.375. The number of aliphatic hydroxyl groups is 1. The Morgan fingerprint density at radius 1 is 1.08 bits per heavy atom. The van der Waals surface area contributed by atoms with Crippen LogP contribution in [-0.4, -0.2) is 63.9 Å². The number of phenols is 1. The number of benzene rings is 2. The minimum Gasteiger partial charge on any atom is -0.508 e. The summed E-state index contributed by atoms with van der Waals surface area (Å²) < 4.78 is 6.17. The Kier molecular flexibility index (Phi) is 7.99. The lowest BCUT2D eigenvalue weighted by atomic mass is 9.92. The number of piperidine rings is 1. The summed E-state index contributed by atoms with van der Waals surface area (Å²) in [5.74, 6) is 0.780. The van der Waals surface area contributed by atoms with Gasteiger partial charge in [-0.3, -0.25) is 14.7 Å². The number of aliphatic hydroxyl groups excluding tert-OH is 1. The number of hydrogen-bond acceptors (Lipinski definition) is 7. The maximum absolute atomic E-state index is 12.6. The van der Waals surface area contributed by atoms with E-state index in [2.05, 4.69) is 32.7 Å². The predicted molar refractivity (Wildman–Crippen MR) is 140 cm³/mol. The molecule has 1 unspecified atom stereocenters. The van der Waals surface area contributed by atoms with E-state index in [1.165, 1.54) is 5.56 Å². The molecule has 2 aliphatic heterocycles. The van der Waals surface area contributed by atoms with Crippen molar-refractivity contribution in [1.29, 1.82) is 0 Å². The summed E-state index contributed by atoms with van der Waals surface area (Å²) in [7, 11) is 0. The Morgan fingerprint density at radius 2 is 1.84 bits per heavy atom. The molecule has 0 aliphatic carbocycles. The third-order valence-electron chi connectivity index (χ3n) is 7.23. The highest BCUT2D eigenvalue weighted by Gasteiger charge is 2.25. The van der Waals surface area contributed by atoms with Gasteiger partial charge in [0.05, 0.1) is 6.10 Å². The molecule has 37 heavy (non-hydrogen) atoms. The Balaban J connectivity index is 1.05. The van der Waals surface area contributed by atoms with Gasteiger partial charge in [-0.2, -0.15) is 0 Å². The molecule has 2 atom stereocenters. The van der Waals surface area contributed by atoms with Crippen molar-refractivity contribution in [3.63, 3.8) is 0 Å². The largest absolute Gasteiger partial charge is 0.508 e.